The molecule has 0 atom stereocenters. The summed E-state index contributed by atoms with van der Waals surface area (Å²) in [4.78, 5) is 0. The van der Waals surface area contributed by atoms with Crippen LogP contribution in [0.4, 0.5) is 0 Å². The van der Waals surface area contributed by atoms with E-state index in [2.05, 4.69) is 44.2 Å². The highest BCUT2D eigenvalue weighted by Crippen LogP contribution is 2.30. The number of halogens is 1. The van der Waals surface area contributed by atoms with E-state index in [1.54, 1.807) is 0 Å². The van der Waals surface area contributed by atoms with E-state index in [0.29, 0.717) is 5.15 Å². The molecule has 0 amide bonds. The minimum absolute atomic E-state index is 0.669. The molecule has 0 radical (unpaired) electrons. The van der Waals surface area contributed by atoms with Crippen molar-refractivity contribution in [3.8, 4) is 16.9 Å². The van der Waals surface area contributed by atoms with Crippen LogP contribution in [0.5, 0.6) is 0 Å². The summed E-state index contributed by atoms with van der Waals surface area (Å²) in [5.41, 5.74) is 6.40. The minimum atomic E-state index is 0.669. The molecule has 0 aliphatic rings. The Morgan fingerprint density at radius 3 is 2.38 bits per heavy atom. The summed E-state index contributed by atoms with van der Waals surface area (Å²) in [6.45, 7) is 6.16. The molecule has 1 aromatic heterocycles. The molecule has 2 nitrogen and oxygen atoms in total. The Morgan fingerprint density at radius 2 is 1.67 bits per heavy atom. The van der Waals surface area contributed by atoms with Crippen LogP contribution in [0, 0.1) is 20.8 Å². The quantitative estimate of drug-likeness (QED) is 0.642. The zero-order valence-electron chi connectivity index (χ0n) is 12.4. The van der Waals surface area contributed by atoms with E-state index >= 15 is 0 Å². The van der Waals surface area contributed by atoms with Crippen LogP contribution >= 0.6 is 11.6 Å². The summed E-state index contributed by atoms with van der Waals surface area (Å²) < 4.78 is 1.83. The average molecular weight is 297 g/mol. The smallest absolute Gasteiger partial charge is 0.136 e. The van der Waals surface area contributed by atoms with Crippen LogP contribution in [0.15, 0.2) is 48.5 Å². The molecule has 2 aromatic carbocycles. The summed E-state index contributed by atoms with van der Waals surface area (Å²) in [5.74, 6) is 0. The van der Waals surface area contributed by atoms with Crippen molar-refractivity contribution in [1.82, 2.24) is 9.78 Å². The summed E-state index contributed by atoms with van der Waals surface area (Å²) >= 11 is 6.52. The van der Waals surface area contributed by atoms with Crippen LogP contribution in [-0.2, 0) is 0 Å². The summed E-state index contributed by atoms with van der Waals surface area (Å²) in [6, 6.07) is 16.4. The maximum Gasteiger partial charge on any atom is 0.136 e. The Balaban J connectivity index is 2.20. The van der Waals surface area contributed by atoms with Gasteiger partial charge in [0.25, 0.3) is 0 Å². The first kappa shape index (κ1) is 13.9. The summed E-state index contributed by atoms with van der Waals surface area (Å²) in [5, 5.41) is 5.41. The number of hydrogen-bond acceptors (Lipinski definition) is 1. The number of aryl methyl sites for hydroxylation is 2. The number of rotatable bonds is 2. The predicted octanol–water partition coefficient (Wildman–Crippen LogP) is 5.12. The molecule has 0 N–H and O–H groups in total. The second-order valence-corrected chi connectivity index (χ2v) is 5.69. The maximum absolute atomic E-state index is 6.52. The topological polar surface area (TPSA) is 17.8 Å². The van der Waals surface area contributed by atoms with E-state index < -0.39 is 0 Å². The molecule has 0 aliphatic carbocycles. The molecule has 0 fully saturated rings. The van der Waals surface area contributed by atoms with Crippen molar-refractivity contribution in [2.45, 2.75) is 20.8 Å². The lowest BCUT2D eigenvalue weighted by molar-refractivity contribution is 0.875. The number of aromatic nitrogens is 2. The lowest BCUT2D eigenvalue weighted by Crippen LogP contribution is -2.00. The first-order valence-corrected chi connectivity index (χ1v) is 7.34. The van der Waals surface area contributed by atoms with Gasteiger partial charge in [0.1, 0.15) is 5.15 Å². The monoisotopic (exact) mass is 296 g/mol. The van der Waals surface area contributed by atoms with Crippen LogP contribution in [0.1, 0.15) is 16.7 Å². The van der Waals surface area contributed by atoms with Gasteiger partial charge in [-0.1, -0.05) is 54.1 Å². The number of nitrogens with zero attached hydrogens (tertiary/aromatic N) is 2. The van der Waals surface area contributed by atoms with Gasteiger partial charge in [-0.25, -0.2) is 4.68 Å². The second kappa shape index (κ2) is 5.38. The van der Waals surface area contributed by atoms with Gasteiger partial charge in [-0.15, -0.1) is 0 Å². The van der Waals surface area contributed by atoms with Crippen molar-refractivity contribution in [2.75, 3.05) is 0 Å². The van der Waals surface area contributed by atoms with Crippen LogP contribution in [0.3, 0.4) is 0 Å². The molecule has 0 unspecified atom stereocenters. The van der Waals surface area contributed by atoms with Gasteiger partial charge >= 0.3 is 0 Å². The van der Waals surface area contributed by atoms with Gasteiger partial charge in [-0.2, -0.15) is 5.10 Å². The van der Waals surface area contributed by atoms with E-state index in [-0.39, 0.29) is 0 Å². The molecule has 0 spiro atoms. The average Bonchev–Trinajstić information content (AvgIpc) is 2.79. The van der Waals surface area contributed by atoms with Gasteiger partial charge in [-0.3, -0.25) is 0 Å². The molecule has 0 saturated heterocycles. The predicted molar refractivity (Wildman–Crippen MR) is 88.2 cm³/mol. The van der Waals surface area contributed by atoms with Crippen molar-refractivity contribution in [3.05, 3.63) is 70.4 Å². The minimum Gasteiger partial charge on any atom is -0.221 e. The van der Waals surface area contributed by atoms with E-state index in [1.807, 2.05) is 29.8 Å². The van der Waals surface area contributed by atoms with Crippen LogP contribution < -0.4 is 0 Å². The Hall–Kier alpha value is -2.06. The molecule has 1 heterocycles. The normalized spacial score (nSPS) is 10.9. The Kier molecular flexibility index (Phi) is 3.56. The third-order valence-corrected chi connectivity index (χ3v) is 4.13. The third kappa shape index (κ3) is 2.47. The number of benzene rings is 2. The Morgan fingerprint density at radius 1 is 0.952 bits per heavy atom. The zero-order chi connectivity index (χ0) is 15.0. The van der Waals surface area contributed by atoms with Crippen LogP contribution in [0.2, 0.25) is 5.15 Å². The Bertz CT molecular complexity index is 788. The van der Waals surface area contributed by atoms with Crippen LogP contribution in [-0.4, -0.2) is 9.78 Å². The number of hydrogen-bond donors (Lipinski definition) is 0. The van der Waals surface area contributed by atoms with Gasteiger partial charge in [0.15, 0.2) is 0 Å². The van der Waals surface area contributed by atoms with E-state index in [1.165, 1.54) is 5.56 Å². The zero-order valence-corrected chi connectivity index (χ0v) is 13.1. The van der Waals surface area contributed by atoms with Gasteiger partial charge in [-0.05, 0) is 38.0 Å². The standard InChI is InChI=1S/C18H17ClN2/c1-12-9-10-13(2)16(11-12)21-18(19)14(3)17(20-21)15-7-5-4-6-8-15/h4-11H,1-3H3. The highest BCUT2D eigenvalue weighted by molar-refractivity contribution is 6.31. The molecule has 0 saturated carbocycles. The van der Waals surface area contributed by atoms with E-state index in [0.717, 1.165) is 28.1 Å². The van der Waals surface area contributed by atoms with Gasteiger partial charge in [0.05, 0.1) is 11.4 Å². The first-order chi connectivity index (χ1) is 10.1. The highest BCUT2D eigenvalue weighted by Gasteiger charge is 2.16. The lowest BCUT2D eigenvalue weighted by atomic mass is 10.1. The first-order valence-electron chi connectivity index (χ1n) is 6.96. The van der Waals surface area contributed by atoms with Gasteiger partial charge in [0.2, 0.25) is 0 Å². The molecule has 0 bridgehead atoms. The molecule has 21 heavy (non-hydrogen) atoms. The summed E-state index contributed by atoms with van der Waals surface area (Å²) in [7, 11) is 0. The maximum atomic E-state index is 6.52. The van der Waals surface area contributed by atoms with Crippen molar-refractivity contribution >= 4 is 11.6 Å². The second-order valence-electron chi connectivity index (χ2n) is 5.33. The molecular formula is C18H17ClN2. The fourth-order valence-electron chi connectivity index (χ4n) is 2.45. The van der Waals surface area contributed by atoms with E-state index in [9.17, 15) is 0 Å². The Labute approximate surface area is 130 Å². The molecule has 0 aliphatic heterocycles. The molecule has 3 heteroatoms. The molecule has 3 aromatic rings. The molecule has 106 valence electrons. The van der Waals surface area contributed by atoms with Crippen molar-refractivity contribution in [2.24, 2.45) is 0 Å². The fraction of sp³-hybridized carbons (Fsp3) is 0.167. The summed E-state index contributed by atoms with van der Waals surface area (Å²) in [6.07, 6.45) is 0. The van der Waals surface area contributed by atoms with Crippen molar-refractivity contribution in [3.63, 3.8) is 0 Å². The van der Waals surface area contributed by atoms with E-state index in [4.69, 9.17) is 16.7 Å². The molecular weight excluding hydrogens is 280 g/mol. The molecule has 3 rings (SSSR count). The largest absolute Gasteiger partial charge is 0.221 e. The van der Waals surface area contributed by atoms with Gasteiger partial charge < -0.3 is 0 Å². The lowest BCUT2D eigenvalue weighted by Gasteiger charge is -2.08. The highest BCUT2D eigenvalue weighted by atomic mass is 35.5. The fourth-order valence-corrected chi connectivity index (χ4v) is 2.67. The SMILES string of the molecule is Cc1ccc(C)c(-n2nc(-c3ccccc3)c(C)c2Cl)c1. The van der Waals surface area contributed by atoms with Crippen molar-refractivity contribution < 1.29 is 0 Å². The van der Waals surface area contributed by atoms with Gasteiger partial charge in [0, 0.05) is 11.1 Å². The third-order valence-electron chi connectivity index (χ3n) is 3.69. The van der Waals surface area contributed by atoms with Crippen LogP contribution in [0.25, 0.3) is 16.9 Å². The van der Waals surface area contributed by atoms with Crippen molar-refractivity contribution in [1.29, 1.82) is 0 Å².